The number of phenols is 1. The Morgan fingerprint density at radius 1 is 1.32 bits per heavy atom. The van der Waals surface area contributed by atoms with Gasteiger partial charge in [-0.05, 0) is 18.2 Å². The van der Waals surface area contributed by atoms with Crippen LogP contribution in [-0.4, -0.2) is 48.0 Å². The number of phenolic OH excluding ortho intramolecular Hbond substituents is 1. The van der Waals surface area contributed by atoms with Crippen LogP contribution in [0.15, 0.2) is 18.2 Å². The van der Waals surface area contributed by atoms with Gasteiger partial charge >= 0.3 is 5.97 Å². The number of amides is 1. The third-order valence-electron chi connectivity index (χ3n) is 2.61. The molecule has 2 rings (SSSR count). The first kappa shape index (κ1) is 13.3. The topological polar surface area (TPSA) is 105 Å². The molecule has 102 valence electrons. The molecule has 3 N–H and O–H groups in total. The first-order valence-electron chi connectivity index (χ1n) is 5.64. The van der Waals surface area contributed by atoms with E-state index in [1.165, 1.54) is 18.2 Å². The van der Waals surface area contributed by atoms with E-state index in [0.717, 1.165) is 0 Å². The normalized spacial score (nSPS) is 18.8. The lowest BCUT2D eigenvalue weighted by Crippen LogP contribution is -2.39. The fourth-order valence-electron chi connectivity index (χ4n) is 1.62. The van der Waals surface area contributed by atoms with Gasteiger partial charge in [-0.2, -0.15) is 0 Å². The number of rotatable bonds is 3. The highest BCUT2D eigenvalue weighted by Gasteiger charge is 2.23. The van der Waals surface area contributed by atoms with E-state index in [-0.39, 0.29) is 23.6 Å². The molecule has 1 fully saturated rings. The SMILES string of the molecule is O=C(O)c1ccc(O)c(NC(=O)C2COCCO2)c1. The first-order valence-corrected chi connectivity index (χ1v) is 5.64. The fraction of sp³-hybridized carbons (Fsp3) is 0.333. The molecule has 19 heavy (non-hydrogen) atoms. The van der Waals surface area contributed by atoms with Crippen molar-refractivity contribution in [3.05, 3.63) is 23.8 Å². The second-order valence-electron chi connectivity index (χ2n) is 3.96. The quantitative estimate of drug-likeness (QED) is 0.686. The maximum Gasteiger partial charge on any atom is 0.335 e. The van der Waals surface area contributed by atoms with Crippen molar-refractivity contribution in [2.75, 3.05) is 25.1 Å². The molecule has 1 aliphatic heterocycles. The van der Waals surface area contributed by atoms with E-state index < -0.39 is 18.0 Å². The molecule has 1 aliphatic rings. The minimum Gasteiger partial charge on any atom is -0.506 e. The van der Waals surface area contributed by atoms with Crippen LogP contribution in [0, 0.1) is 0 Å². The van der Waals surface area contributed by atoms with Gasteiger partial charge < -0.3 is 25.0 Å². The Morgan fingerprint density at radius 3 is 2.74 bits per heavy atom. The van der Waals surface area contributed by atoms with Gasteiger partial charge in [0, 0.05) is 0 Å². The molecule has 7 nitrogen and oxygen atoms in total. The van der Waals surface area contributed by atoms with Crippen LogP contribution in [0.5, 0.6) is 5.75 Å². The number of benzene rings is 1. The molecular formula is C12H13NO6. The summed E-state index contributed by atoms with van der Waals surface area (Å²) < 4.78 is 10.3. The van der Waals surface area contributed by atoms with Gasteiger partial charge in [0.25, 0.3) is 5.91 Å². The predicted molar refractivity (Wildman–Crippen MR) is 64.3 cm³/mol. The van der Waals surface area contributed by atoms with Crippen molar-refractivity contribution in [3.8, 4) is 5.75 Å². The zero-order valence-electron chi connectivity index (χ0n) is 9.96. The summed E-state index contributed by atoms with van der Waals surface area (Å²) in [6.07, 6.45) is -0.762. The van der Waals surface area contributed by atoms with E-state index in [1.54, 1.807) is 0 Å². The zero-order valence-corrected chi connectivity index (χ0v) is 9.96. The van der Waals surface area contributed by atoms with E-state index in [1.807, 2.05) is 0 Å². The van der Waals surface area contributed by atoms with E-state index in [2.05, 4.69) is 5.32 Å². The number of hydrogen-bond acceptors (Lipinski definition) is 5. The highest BCUT2D eigenvalue weighted by atomic mass is 16.6. The molecule has 0 bridgehead atoms. The summed E-state index contributed by atoms with van der Waals surface area (Å²) in [4.78, 5) is 22.6. The van der Waals surface area contributed by atoms with Crippen LogP contribution in [0.25, 0.3) is 0 Å². The molecule has 0 aliphatic carbocycles. The number of aromatic hydroxyl groups is 1. The summed E-state index contributed by atoms with van der Waals surface area (Å²) in [6, 6.07) is 3.63. The smallest absolute Gasteiger partial charge is 0.335 e. The largest absolute Gasteiger partial charge is 0.506 e. The number of ether oxygens (including phenoxy) is 2. The number of carbonyl (C=O) groups is 2. The van der Waals surface area contributed by atoms with Crippen molar-refractivity contribution >= 4 is 17.6 Å². The Bertz CT molecular complexity index is 495. The molecule has 0 saturated carbocycles. The van der Waals surface area contributed by atoms with E-state index in [9.17, 15) is 14.7 Å². The number of hydrogen-bond donors (Lipinski definition) is 3. The molecule has 7 heteroatoms. The van der Waals surface area contributed by atoms with Gasteiger partial charge in [0.05, 0.1) is 31.1 Å². The van der Waals surface area contributed by atoms with Gasteiger partial charge in [-0.15, -0.1) is 0 Å². The van der Waals surface area contributed by atoms with Crippen LogP contribution in [0.1, 0.15) is 10.4 Å². The molecular weight excluding hydrogens is 254 g/mol. The zero-order chi connectivity index (χ0) is 13.8. The Morgan fingerprint density at radius 2 is 2.11 bits per heavy atom. The summed E-state index contributed by atoms with van der Waals surface area (Å²) in [5, 5.41) is 20.8. The highest BCUT2D eigenvalue weighted by molar-refractivity contribution is 5.97. The summed E-state index contributed by atoms with van der Waals surface area (Å²) >= 11 is 0. The molecule has 0 radical (unpaired) electrons. The minimum atomic E-state index is -1.15. The van der Waals surface area contributed by atoms with Crippen LogP contribution in [0.3, 0.4) is 0 Å². The van der Waals surface area contributed by atoms with Crippen molar-refractivity contribution in [1.82, 2.24) is 0 Å². The van der Waals surface area contributed by atoms with Gasteiger partial charge in [-0.1, -0.05) is 0 Å². The number of nitrogens with one attached hydrogen (secondary N) is 1. The van der Waals surface area contributed by atoms with E-state index in [4.69, 9.17) is 14.6 Å². The van der Waals surface area contributed by atoms with E-state index in [0.29, 0.717) is 13.2 Å². The lowest BCUT2D eigenvalue weighted by Gasteiger charge is -2.22. The third-order valence-corrected chi connectivity index (χ3v) is 2.61. The van der Waals surface area contributed by atoms with E-state index >= 15 is 0 Å². The Kier molecular flexibility index (Phi) is 3.98. The molecule has 1 aromatic carbocycles. The van der Waals surface area contributed by atoms with Crippen LogP contribution >= 0.6 is 0 Å². The van der Waals surface area contributed by atoms with Crippen LogP contribution in [0.4, 0.5) is 5.69 Å². The summed E-state index contributed by atoms with van der Waals surface area (Å²) in [5.74, 6) is -1.85. The van der Waals surface area contributed by atoms with Crippen LogP contribution in [-0.2, 0) is 14.3 Å². The number of carbonyl (C=O) groups excluding carboxylic acids is 1. The van der Waals surface area contributed by atoms with Crippen LogP contribution in [0.2, 0.25) is 0 Å². The summed E-state index contributed by atoms with van der Waals surface area (Å²) in [5.41, 5.74) is -0.00649. The fourth-order valence-corrected chi connectivity index (χ4v) is 1.62. The second kappa shape index (κ2) is 5.68. The number of anilines is 1. The standard InChI is InChI=1S/C12H13NO6/c14-9-2-1-7(12(16)17)5-8(9)13-11(15)10-6-18-3-4-19-10/h1-2,5,10,14H,3-4,6H2,(H,13,15)(H,16,17). The van der Waals surface area contributed by atoms with Crippen molar-refractivity contribution in [1.29, 1.82) is 0 Å². The molecule has 1 saturated heterocycles. The maximum atomic E-state index is 11.8. The number of aromatic carboxylic acids is 1. The van der Waals surface area contributed by atoms with Gasteiger partial charge in [0.15, 0.2) is 6.10 Å². The molecule has 0 spiro atoms. The lowest BCUT2D eigenvalue weighted by atomic mass is 10.2. The Hall–Kier alpha value is -2.12. The molecule has 1 atom stereocenters. The average Bonchev–Trinajstić information content (AvgIpc) is 2.42. The van der Waals surface area contributed by atoms with Gasteiger partial charge in [0.1, 0.15) is 5.75 Å². The van der Waals surface area contributed by atoms with Crippen molar-refractivity contribution in [2.45, 2.75) is 6.10 Å². The van der Waals surface area contributed by atoms with Gasteiger partial charge in [0.2, 0.25) is 0 Å². The van der Waals surface area contributed by atoms with Gasteiger partial charge in [-0.3, -0.25) is 4.79 Å². The first-order chi connectivity index (χ1) is 9.08. The minimum absolute atomic E-state index is 0.0269. The lowest BCUT2D eigenvalue weighted by molar-refractivity contribution is -0.142. The molecule has 1 heterocycles. The van der Waals surface area contributed by atoms with Gasteiger partial charge in [-0.25, -0.2) is 4.79 Å². The number of carboxylic acid groups (broad SMARTS) is 1. The second-order valence-corrected chi connectivity index (χ2v) is 3.96. The third kappa shape index (κ3) is 3.21. The Balaban J connectivity index is 2.11. The summed E-state index contributed by atoms with van der Waals surface area (Å²) in [6.45, 7) is 0.883. The van der Waals surface area contributed by atoms with Crippen molar-refractivity contribution in [2.24, 2.45) is 0 Å². The molecule has 1 amide bonds. The summed E-state index contributed by atoms with van der Waals surface area (Å²) in [7, 11) is 0. The molecule has 0 aromatic heterocycles. The maximum absolute atomic E-state index is 11.8. The highest BCUT2D eigenvalue weighted by Crippen LogP contribution is 2.24. The van der Waals surface area contributed by atoms with Crippen LogP contribution < -0.4 is 5.32 Å². The van der Waals surface area contributed by atoms with Crippen molar-refractivity contribution in [3.63, 3.8) is 0 Å². The molecule has 1 aromatic rings. The number of carboxylic acids is 1. The molecule has 1 unspecified atom stereocenters. The monoisotopic (exact) mass is 267 g/mol. The predicted octanol–water partition coefficient (Wildman–Crippen LogP) is 0.444. The Labute approximate surface area is 108 Å². The average molecular weight is 267 g/mol. The van der Waals surface area contributed by atoms with Crippen molar-refractivity contribution < 1.29 is 29.3 Å².